The molecule has 0 amide bonds. The number of Topliss-reactive ketones (excluding diaryl/α,β-unsaturated/α-hetero) is 1. The van der Waals surface area contributed by atoms with Crippen LogP contribution in [0.15, 0.2) is 24.3 Å². The topological polar surface area (TPSA) is 29.1 Å². The Morgan fingerprint density at radius 3 is 2.50 bits per heavy atom. The van der Waals surface area contributed by atoms with Crippen molar-refractivity contribution in [2.24, 2.45) is 5.41 Å². The summed E-state index contributed by atoms with van der Waals surface area (Å²) in [5.74, 6) is 0.913. The minimum absolute atomic E-state index is 0.156. The highest BCUT2D eigenvalue weighted by atomic mass is 16.1. The van der Waals surface area contributed by atoms with Crippen molar-refractivity contribution in [2.45, 2.75) is 39.5 Å². The zero-order valence-corrected chi connectivity index (χ0v) is 11.6. The van der Waals surface area contributed by atoms with Gasteiger partial charge in [0.1, 0.15) is 5.78 Å². The normalized spacial score (nSPS) is 23.6. The van der Waals surface area contributed by atoms with Gasteiger partial charge >= 0.3 is 0 Å². The molecule has 0 spiro atoms. The monoisotopic (exact) mass is 245 g/mol. The van der Waals surface area contributed by atoms with E-state index < -0.39 is 0 Å². The van der Waals surface area contributed by atoms with Gasteiger partial charge in [0.05, 0.1) is 0 Å². The van der Waals surface area contributed by atoms with Gasteiger partial charge in [-0.25, -0.2) is 0 Å². The van der Waals surface area contributed by atoms with E-state index in [0.29, 0.717) is 18.1 Å². The SMILES string of the molecule is CC(C)c1ccc(CC(=O)C2(C)CCNC2)cc1. The van der Waals surface area contributed by atoms with Crippen LogP contribution in [0.25, 0.3) is 0 Å². The Bertz CT molecular complexity index is 413. The Labute approximate surface area is 110 Å². The fourth-order valence-corrected chi connectivity index (χ4v) is 2.47. The third-order valence-corrected chi connectivity index (χ3v) is 4.05. The average molecular weight is 245 g/mol. The van der Waals surface area contributed by atoms with Gasteiger partial charge in [-0.1, -0.05) is 45.0 Å². The Morgan fingerprint density at radius 2 is 2.00 bits per heavy atom. The second-order valence-electron chi connectivity index (χ2n) is 5.98. The molecule has 2 heteroatoms. The zero-order valence-electron chi connectivity index (χ0n) is 11.6. The first kappa shape index (κ1) is 13.3. The number of benzene rings is 1. The molecule has 0 radical (unpaired) electrons. The minimum Gasteiger partial charge on any atom is -0.316 e. The predicted octanol–water partition coefficient (Wildman–Crippen LogP) is 2.92. The molecular formula is C16H23NO. The van der Waals surface area contributed by atoms with E-state index in [0.717, 1.165) is 25.1 Å². The van der Waals surface area contributed by atoms with Crippen molar-refractivity contribution >= 4 is 5.78 Å². The third-order valence-electron chi connectivity index (χ3n) is 4.05. The van der Waals surface area contributed by atoms with E-state index in [-0.39, 0.29) is 5.41 Å². The number of ketones is 1. The predicted molar refractivity (Wildman–Crippen MR) is 74.8 cm³/mol. The molecule has 1 heterocycles. The first-order chi connectivity index (χ1) is 8.51. The molecule has 1 aromatic rings. The Balaban J connectivity index is 2.03. The lowest BCUT2D eigenvalue weighted by Crippen LogP contribution is -2.31. The second kappa shape index (κ2) is 5.23. The van der Waals surface area contributed by atoms with Crippen molar-refractivity contribution in [1.29, 1.82) is 0 Å². The molecule has 2 nitrogen and oxygen atoms in total. The summed E-state index contributed by atoms with van der Waals surface area (Å²) >= 11 is 0. The maximum absolute atomic E-state index is 12.3. The zero-order chi connectivity index (χ0) is 13.2. The molecule has 18 heavy (non-hydrogen) atoms. The van der Waals surface area contributed by atoms with Crippen LogP contribution in [0.5, 0.6) is 0 Å². The summed E-state index contributed by atoms with van der Waals surface area (Å²) in [5.41, 5.74) is 2.31. The summed E-state index contributed by atoms with van der Waals surface area (Å²) in [7, 11) is 0. The molecule has 1 fully saturated rings. The molecule has 0 bridgehead atoms. The van der Waals surface area contributed by atoms with Crippen LogP contribution in [0, 0.1) is 5.41 Å². The van der Waals surface area contributed by atoms with Crippen LogP contribution in [0.3, 0.4) is 0 Å². The number of hydrogen-bond acceptors (Lipinski definition) is 2. The van der Waals surface area contributed by atoms with Crippen molar-refractivity contribution in [2.75, 3.05) is 13.1 Å². The van der Waals surface area contributed by atoms with Crippen LogP contribution in [0.4, 0.5) is 0 Å². The Kier molecular flexibility index (Phi) is 3.86. The lowest BCUT2D eigenvalue weighted by molar-refractivity contribution is -0.126. The highest BCUT2D eigenvalue weighted by Gasteiger charge is 2.35. The number of carbonyl (C=O) groups excluding carboxylic acids is 1. The van der Waals surface area contributed by atoms with E-state index in [2.05, 4.69) is 50.4 Å². The van der Waals surface area contributed by atoms with Gasteiger partial charge < -0.3 is 5.32 Å². The molecule has 0 aliphatic carbocycles. The number of nitrogens with one attached hydrogen (secondary N) is 1. The standard InChI is InChI=1S/C16H23NO/c1-12(2)14-6-4-13(5-7-14)10-15(18)16(3)8-9-17-11-16/h4-7,12,17H,8-11H2,1-3H3. The van der Waals surface area contributed by atoms with E-state index in [1.54, 1.807) is 0 Å². The summed E-state index contributed by atoms with van der Waals surface area (Å²) in [6.45, 7) is 8.25. The summed E-state index contributed by atoms with van der Waals surface area (Å²) in [6.07, 6.45) is 1.53. The molecule has 1 aromatic carbocycles. The van der Waals surface area contributed by atoms with Gasteiger partial charge in [0, 0.05) is 18.4 Å². The smallest absolute Gasteiger partial charge is 0.144 e. The largest absolute Gasteiger partial charge is 0.316 e. The molecule has 1 saturated heterocycles. The third kappa shape index (κ3) is 2.81. The van der Waals surface area contributed by atoms with Gasteiger partial charge in [0.2, 0.25) is 0 Å². The fourth-order valence-electron chi connectivity index (χ4n) is 2.47. The van der Waals surface area contributed by atoms with E-state index in [1.165, 1.54) is 5.56 Å². The summed E-state index contributed by atoms with van der Waals surface area (Å²) < 4.78 is 0. The molecule has 0 saturated carbocycles. The van der Waals surface area contributed by atoms with Crippen molar-refractivity contribution in [3.63, 3.8) is 0 Å². The van der Waals surface area contributed by atoms with Crippen LogP contribution in [0.1, 0.15) is 44.2 Å². The van der Waals surface area contributed by atoms with Crippen molar-refractivity contribution in [3.8, 4) is 0 Å². The maximum Gasteiger partial charge on any atom is 0.144 e. The van der Waals surface area contributed by atoms with Crippen LogP contribution in [-0.4, -0.2) is 18.9 Å². The maximum atomic E-state index is 12.3. The first-order valence-electron chi connectivity index (χ1n) is 6.84. The lowest BCUT2D eigenvalue weighted by atomic mass is 9.82. The van der Waals surface area contributed by atoms with Crippen LogP contribution in [0.2, 0.25) is 0 Å². The van der Waals surface area contributed by atoms with Crippen molar-refractivity contribution in [1.82, 2.24) is 5.32 Å². The summed E-state index contributed by atoms with van der Waals surface area (Å²) in [5, 5.41) is 3.28. The van der Waals surface area contributed by atoms with Gasteiger partial charge in [-0.15, -0.1) is 0 Å². The number of rotatable bonds is 4. The molecule has 98 valence electrons. The van der Waals surface area contributed by atoms with Crippen LogP contribution in [-0.2, 0) is 11.2 Å². The van der Waals surface area contributed by atoms with Gasteiger partial charge in [0.25, 0.3) is 0 Å². The van der Waals surface area contributed by atoms with E-state index in [9.17, 15) is 4.79 Å². The average Bonchev–Trinajstić information content (AvgIpc) is 2.78. The minimum atomic E-state index is -0.156. The molecular weight excluding hydrogens is 222 g/mol. The van der Waals surface area contributed by atoms with E-state index in [4.69, 9.17) is 0 Å². The van der Waals surface area contributed by atoms with Crippen LogP contribution >= 0.6 is 0 Å². The van der Waals surface area contributed by atoms with Crippen molar-refractivity contribution < 1.29 is 4.79 Å². The molecule has 1 aliphatic rings. The lowest BCUT2D eigenvalue weighted by Gasteiger charge is -2.20. The second-order valence-corrected chi connectivity index (χ2v) is 5.98. The van der Waals surface area contributed by atoms with Gasteiger partial charge in [-0.3, -0.25) is 4.79 Å². The van der Waals surface area contributed by atoms with Gasteiger partial charge in [-0.2, -0.15) is 0 Å². The number of hydrogen-bond donors (Lipinski definition) is 1. The molecule has 1 atom stereocenters. The van der Waals surface area contributed by atoms with Crippen LogP contribution < -0.4 is 5.32 Å². The molecule has 2 rings (SSSR count). The highest BCUT2D eigenvalue weighted by molar-refractivity contribution is 5.87. The quantitative estimate of drug-likeness (QED) is 0.883. The molecule has 1 aliphatic heterocycles. The van der Waals surface area contributed by atoms with Crippen molar-refractivity contribution in [3.05, 3.63) is 35.4 Å². The van der Waals surface area contributed by atoms with E-state index >= 15 is 0 Å². The Hall–Kier alpha value is -1.15. The van der Waals surface area contributed by atoms with Gasteiger partial charge in [-0.05, 0) is 30.0 Å². The fraction of sp³-hybridized carbons (Fsp3) is 0.562. The Morgan fingerprint density at radius 1 is 1.33 bits per heavy atom. The summed E-state index contributed by atoms with van der Waals surface area (Å²) in [4.78, 5) is 12.3. The molecule has 1 unspecified atom stereocenters. The molecule has 0 aromatic heterocycles. The summed E-state index contributed by atoms with van der Waals surface area (Å²) in [6, 6.07) is 8.48. The van der Waals surface area contributed by atoms with E-state index in [1.807, 2.05) is 0 Å². The number of carbonyl (C=O) groups is 1. The highest BCUT2D eigenvalue weighted by Crippen LogP contribution is 2.27. The first-order valence-corrected chi connectivity index (χ1v) is 6.84. The van der Waals surface area contributed by atoms with Gasteiger partial charge in [0.15, 0.2) is 0 Å². The molecule has 1 N–H and O–H groups in total.